The van der Waals surface area contributed by atoms with Gasteiger partial charge >= 0.3 is 0 Å². The molecule has 13 heavy (non-hydrogen) atoms. The van der Waals surface area contributed by atoms with Gasteiger partial charge in [0.05, 0.1) is 5.69 Å². The van der Waals surface area contributed by atoms with Gasteiger partial charge in [-0.25, -0.2) is 0 Å². The van der Waals surface area contributed by atoms with Crippen molar-refractivity contribution in [3.05, 3.63) is 29.8 Å². The van der Waals surface area contributed by atoms with E-state index < -0.39 is 0 Å². The summed E-state index contributed by atoms with van der Waals surface area (Å²) in [6, 6.07) is 7.65. The molecular formula is C11H14N2. The fourth-order valence-electron chi connectivity index (χ4n) is 0.957. The quantitative estimate of drug-likeness (QED) is 0.684. The first-order valence-electron chi connectivity index (χ1n) is 4.37. The Morgan fingerprint density at radius 2 is 2.00 bits per heavy atom. The molecule has 0 amide bonds. The average molecular weight is 174 g/mol. The number of para-hydroxylation sites is 1. The fourth-order valence-corrected chi connectivity index (χ4v) is 0.957. The number of aliphatic imine (C=N–C) groups is 1. The molecule has 0 heterocycles. The number of hydrogen-bond acceptors (Lipinski definition) is 2. The molecule has 0 unspecified atom stereocenters. The molecule has 1 rings (SSSR count). The molecule has 0 saturated carbocycles. The van der Waals surface area contributed by atoms with Gasteiger partial charge in [0.2, 0.25) is 0 Å². The summed E-state index contributed by atoms with van der Waals surface area (Å²) in [7, 11) is 0. The van der Waals surface area contributed by atoms with Crippen LogP contribution in [0.1, 0.15) is 19.4 Å². The lowest BCUT2D eigenvalue weighted by molar-refractivity contribution is 0.907. The van der Waals surface area contributed by atoms with Gasteiger partial charge in [-0.2, -0.15) is 0 Å². The highest BCUT2D eigenvalue weighted by molar-refractivity contribution is 5.85. The van der Waals surface area contributed by atoms with Gasteiger partial charge in [-0.3, -0.25) is 4.99 Å². The van der Waals surface area contributed by atoms with Crippen molar-refractivity contribution in [3.63, 3.8) is 0 Å². The minimum Gasteiger partial charge on any atom is -0.308 e. The monoisotopic (exact) mass is 174 g/mol. The maximum Gasteiger partial charge on any atom is 0.0713 e. The van der Waals surface area contributed by atoms with E-state index in [1.54, 1.807) is 0 Å². The molecule has 0 aromatic heterocycles. The van der Waals surface area contributed by atoms with Crippen molar-refractivity contribution < 1.29 is 0 Å². The Bertz CT molecular complexity index is 314. The maximum absolute atomic E-state index is 7.17. The number of nitrogens with one attached hydrogen (secondary N) is 1. The Morgan fingerprint density at radius 1 is 1.31 bits per heavy atom. The van der Waals surface area contributed by atoms with Crippen molar-refractivity contribution >= 4 is 18.1 Å². The van der Waals surface area contributed by atoms with Crippen molar-refractivity contribution in [2.24, 2.45) is 10.9 Å². The van der Waals surface area contributed by atoms with Crippen LogP contribution in [0.5, 0.6) is 0 Å². The molecule has 2 nitrogen and oxygen atoms in total. The Hall–Kier alpha value is -1.44. The standard InChI is InChI=1S/C11H14N2/c1-9(2)8-13-11-6-4-3-5-10(11)7-12/h3-9,12H,1-2H3. The summed E-state index contributed by atoms with van der Waals surface area (Å²) in [4.78, 5) is 4.30. The van der Waals surface area contributed by atoms with E-state index in [1.807, 2.05) is 30.5 Å². The lowest BCUT2D eigenvalue weighted by Gasteiger charge is -1.99. The van der Waals surface area contributed by atoms with Crippen LogP contribution in [0, 0.1) is 11.3 Å². The molecule has 0 fully saturated rings. The predicted molar refractivity (Wildman–Crippen MR) is 57.3 cm³/mol. The lowest BCUT2D eigenvalue weighted by Crippen LogP contribution is -1.87. The van der Waals surface area contributed by atoms with Crippen LogP contribution in [0.15, 0.2) is 29.3 Å². The molecule has 0 atom stereocenters. The highest BCUT2D eigenvalue weighted by Crippen LogP contribution is 2.16. The summed E-state index contributed by atoms with van der Waals surface area (Å²) in [5.41, 5.74) is 1.73. The molecule has 0 radical (unpaired) electrons. The van der Waals surface area contributed by atoms with Gasteiger partial charge in [0.25, 0.3) is 0 Å². The Morgan fingerprint density at radius 3 is 2.62 bits per heavy atom. The van der Waals surface area contributed by atoms with Gasteiger partial charge in [0, 0.05) is 18.0 Å². The van der Waals surface area contributed by atoms with Crippen LogP contribution in [-0.4, -0.2) is 12.4 Å². The molecule has 0 aliphatic rings. The molecule has 0 aliphatic heterocycles. The molecule has 1 aromatic rings. The fraction of sp³-hybridized carbons (Fsp3) is 0.273. The summed E-state index contributed by atoms with van der Waals surface area (Å²) in [5.74, 6) is 0.443. The van der Waals surface area contributed by atoms with Crippen molar-refractivity contribution in [1.29, 1.82) is 5.41 Å². The van der Waals surface area contributed by atoms with Gasteiger partial charge in [0.1, 0.15) is 0 Å². The Labute approximate surface area is 78.8 Å². The van der Waals surface area contributed by atoms with E-state index in [9.17, 15) is 0 Å². The first kappa shape index (κ1) is 9.65. The van der Waals surface area contributed by atoms with E-state index in [1.165, 1.54) is 6.21 Å². The molecule has 1 N–H and O–H groups in total. The Balaban J connectivity index is 2.93. The zero-order valence-corrected chi connectivity index (χ0v) is 7.99. The van der Waals surface area contributed by atoms with E-state index in [0.29, 0.717) is 5.92 Å². The van der Waals surface area contributed by atoms with Crippen LogP contribution >= 0.6 is 0 Å². The lowest BCUT2D eigenvalue weighted by atomic mass is 10.2. The van der Waals surface area contributed by atoms with Gasteiger partial charge in [-0.05, 0) is 12.0 Å². The topological polar surface area (TPSA) is 36.2 Å². The molecule has 0 spiro atoms. The van der Waals surface area contributed by atoms with Crippen LogP contribution in [0.3, 0.4) is 0 Å². The largest absolute Gasteiger partial charge is 0.308 e. The summed E-state index contributed by atoms with van der Waals surface area (Å²) in [6.07, 6.45) is 3.22. The molecule has 68 valence electrons. The number of benzene rings is 1. The van der Waals surface area contributed by atoms with Crippen LogP contribution < -0.4 is 0 Å². The smallest absolute Gasteiger partial charge is 0.0713 e. The van der Waals surface area contributed by atoms with E-state index in [4.69, 9.17) is 5.41 Å². The van der Waals surface area contributed by atoms with Crippen molar-refractivity contribution in [2.45, 2.75) is 13.8 Å². The summed E-state index contributed by atoms with van der Waals surface area (Å²) in [6.45, 7) is 4.16. The minimum atomic E-state index is 0.443. The molecule has 0 bridgehead atoms. The highest BCUT2D eigenvalue weighted by atomic mass is 14.7. The van der Waals surface area contributed by atoms with E-state index >= 15 is 0 Å². The molecule has 0 saturated heterocycles. The van der Waals surface area contributed by atoms with Crippen LogP contribution in [0.2, 0.25) is 0 Å². The van der Waals surface area contributed by atoms with E-state index in [0.717, 1.165) is 11.3 Å². The average Bonchev–Trinajstić information content (AvgIpc) is 2.15. The van der Waals surface area contributed by atoms with Crippen molar-refractivity contribution in [3.8, 4) is 0 Å². The van der Waals surface area contributed by atoms with Gasteiger partial charge in [-0.1, -0.05) is 32.0 Å². The molecule has 0 aliphatic carbocycles. The number of hydrogen-bond donors (Lipinski definition) is 1. The summed E-state index contributed by atoms with van der Waals surface area (Å²) >= 11 is 0. The number of nitrogens with zero attached hydrogens (tertiary/aromatic N) is 1. The third-order valence-electron chi connectivity index (χ3n) is 1.60. The molecule has 2 heteroatoms. The third-order valence-corrected chi connectivity index (χ3v) is 1.60. The first-order chi connectivity index (χ1) is 6.24. The van der Waals surface area contributed by atoms with Gasteiger partial charge in [0.15, 0.2) is 0 Å². The van der Waals surface area contributed by atoms with Gasteiger partial charge < -0.3 is 5.41 Å². The second-order valence-corrected chi connectivity index (χ2v) is 3.23. The maximum atomic E-state index is 7.17. The second-order valence-electron chi connectivity index (χ2n) is 3.23. The minimum absolute atomic E-state index is 0.443. The van der Waals surface area contributed by atoms with Crippen LogP contribution in [0.4, 0.5) is 5.69 Å². The van der Waals surface area contributed by atoms with Gasteiger partial charge in [-0.15, -0.1) is 0 Å². The normalized spacial score (nSPS) is 11.0. The SMILES string of the molecule is CC(C)C=Nc1ccccc1C=N. The van der Waals surface area contributed by atoms with E-state index in [2.05, 4.69) is 18.8 Å². The zero-order chi connectivity index (χ0) is 9.68. The Kier molecular flexibility index (Phi) is 3.38. The first-order valence-corrected chi connectivity index (χ1v) is 4.37. The van der Waals surface area contributed by atoms with Crippen LogP contribution in [0.25, 0.3) is 0 Å². The van der Waals surface area contributed by atoms with Crippen molar-refractivity contribution in [2.75, 3.05) is 0 Å². The molecular weight excluding hydrogens is 160 g/mol. The summed E-state index contributed by atoms with van der Waals surface area (Å²) in [5, 5.41) is 7.17. The second kappa shape index (κ2) is 4.55. The zero-order valence-electron chi connectivity index (χ0n) is 7.99. The van der Waals surface area contributed by atoms with Crippen LogP contribution in [-0.2, 0) is 0 Å². The molecule has 1 aromatic carbocycles. The third kappa shape index (κ3) is 2.82. The van der Waals surface area contributed by atoms with Crippen molar-refractivity contribution in [1.82, 2.24) is 0 Å². The summed E-state index contributed by atoms with van der Waals surface area (Å²) < 4.78 is 0. The number of rotatable bonds is 3. The predicted octanol–water partition coefficient (Wildman–Crippen LogP) is 3.04. The highest BCUT2D eigenvalue weighted by Gasteiger charge is 1.94. The van der Waals surface area contributed by atoms with E-state index in [-0.39, 0.29) is 0 Å².